The van der Waals surface area contributed by atoms with E-state index in [9.17, 15) is 14.4 Å². The number of amides is 3. The van der Waals surface area contributed by atoms with Gasteiger partial charge in [0.15, 0.2) is 5.60 Å². The lowest BCUT2D eigenvalue weighted by atomic mass is 9.83. The van der Waals surface area contributed by atoms with Crippen molar-refractivity contribution in [2.24, 2.45) is 5.73 Å². The van der Waals surface area contributed by atoms with Gasteiger partial charge in [-0.25, -0.2) is 0 Å². The van der Waals surface area contributed by atoms with Crippen LogP contribution in [0.15, 0.2) is 36.4 Å². The number of carbonyl (C=O) groups is 3. The van der Waals surface area contributed by atoms with Gasteiger partial charge in [0, 0.05) is 6.54 Å². The summed E-state index contributed by atoms with van der Waals surface area (Å²) in [6, 6.07) is 11.5. The number of ether oxygens (including phenoxy) is 1. The summed E-state index contributed by atoms with van der Waals surface area (Å²) in [5.41, 5.74) is 9.46. The van der Waals surface area contributed by atoms with Crippen molar-refractivity contribution in [3.05, 3.63) is 64.2 Å². The van der Waals surface area contributed by atoms with Gasteiger partial charge in [0.25, 0.3) is 17.7 Å². The Balaban J connectivity index is 1.16. The van der Waals surface area contributed by atoms with Crippen LogP contribution in [-0.4, -0.2) is 59.3 Å². The third kappa shape index (κ3) is 5.21. The Bertz CT molecular complexity index is 1190. The highest BCUT2D eigenvalue weighted by Gasteiger charge is 2.35. The van der Waals surface area contributed by atoms with Crippen LogP contribution >= 0.6 is 0 Å². The molecule has 2 aromatic carbocycles. The number of primary amides is 1. The second kappa shape index (κ2) is 10.9. The molecule has 3 amide bonds. The number of hydrogen-bond donors (Lipinski definition) is 1. The minimum atomic E-state index is -1.05. The average Bonchev–Trinajstić information content (AvgIpc) is 3.16. The van der Waals surface area contributed by atoms with E-state index in [4.69, 9.17) is 10.5 Å². The lowest BCUT2D eigenvalue weighted by Gasteiger charge is -2.35. The van der Waals surface area contributed by atoms with E-state index in [1.807, 2.05) is 0 Å². The normalized spacial score (nSPS) is 18.4. The molecule has 1 fully saturated rings. The van der Waals surface area contributed by atoms with Gasteiger partial charge in [-0.3, -0.25) is 19.3 Å². The molecule has 2 aliphatic heterocycles. The Morgan fingerprint density at radius 3 is 2.24 bits per heavy atom. The summed E-state index contributed by atoms with van der Waals surface area (Å²) >= 11 is 0. The molecule has 1 saturated heterocycles. The largest absolute Gasteiger partial charge is 0.477 e. The molecule has 0 bridgehead atoms. The van der Waals surface area contributed by atoms with E-state index in [1.54, 1.807) is 38.1 Å². The molecule has 0 radical (unpaired) electrons. The fraction of sp³-hybridized carbons (Fsp3) is 0.516. The molecule has 0 unspecified atom stereocenters. The fourth-order valence-corrected chi connectivity index (χ4v) is 6.07. The lowest BCUT2D eigenvalue weighted by Crippen LogP contribution is -2.44. The van der Waals surface area contributed by atoms with E-state index in [0.717, 1.165) is 70.3 Å². The van der Waals surface area contributed by atoms with Crippen molar-refractivity contribution in [2.75, 3.05) is 26.2 Å². The number of hydrogen-bond acceptors (Lipinski definition) is 5. The fourth-order valence-electron chi connectivity index (χ4n) is 6.07. The highest BCUT2D eigenvalue weighted by molar-refractivity contribution is 6.21. The summed E-state index contributed by atoms with van der Waals surface area (Å²) in [6.45, 7) is 6.92. The third-order valence-electron chi connectivity index (χ3n) is 8.47. The maximum atomic E-state index is 12.6. The third-order valence-corrected chi connectivity index (χ3v) is 8.47. The van der Waals surface area contributed by atoms with Crippen LogP contribution in [0.25, 0.3) is 0 Å². The predicted octanol–water partition coefficient (Wildman–Crippen LogP) is 4.46. The first-order valence-corrected chi connectivity index (χ1v) is 14.1. The summed E-state index contributed by atoms with van der Waals surface area (Å²) in [6.07, 6.45) is 8.18. The Labute approximate surface area is 225 Å². The molecule has 202 valence electrons. The van der Waals surface area contributed by atoms with E-state index >= 15 is 0 Å². The van der Waals surface area contributed by atoms with Crippen molar-refractivity contribution in [1.82, 2.24) is 9.80 Å². The van der Waals surface area contributed by atoms with Gasteiger partial charge in [0.1, 0.15) is 5.75 Å². The van der Waals surface area contributed by atoms with E-state index in [-0.39, 0.29) is 11.8 Å². The van der Waals surface area contributed by atoms with Crippen molar-refractivity contribution in [3.8, 4) is 5.75 Å². The molecule has 3 aliphatic rings. The standard InChI is InChI=1S/C31H39N3O4/c1-31(2,30(32)37)38-27-23-10-4-3-9-21(23)13-14-24(27)22-15-19-33(20-16-22)17-7-8-18-34-28(35)25-11-5-6-12-26(25)29(34)36/h5-6,11-14,22H,3-4,7-10,15-20H2,1-2H3,(H2,32,37). The number of benzene rings is 2. The van der Waals surface area contributed by atoms with Crippen LogP contribution in [0, 0.1) is 0 Å². The van der Waals surface area contributed by atoms with E-state index in [0.29, 0.717) is 23.6 Å². The predicted molar refractivity (Wildman–Crippen MR) is 146 cm³/mol. The van der Waals surface area contributed by atoms with Gasteiger partial charge in [-0.2, -0.15) is 0 Å². The number of nitrogens with two attached hydrogens (primary N) is 1. The van der Waals surface area contributed by atoms with Crippen LogP contribution in [0.4, 0.5) is 0 Å². The first-order chi connectivity index (χ1) is 18.3. The van der Waals surface area contributed by atoms with Gasteiger partial charge >= 0.3 is 0 Å². The van der Waals surface area contributed by atoms with Crippen LogP contribution in [-0.2, 0) is 17.6 Å². The second-order valence-corrected chi connectivity index (χ2v) is 11.4. The summed E-state index contributed by atoms with van der Waals surface area (Å²) < 4.78 is 6.39. The Kier molecular flexibility index (Phi) is 7.57. The molecule has 2 N–H and O–H groups in total. The van der Waals surface area contributed by atoms with Crippen LogP contribution in [0.1, 0.15) is 95.7 Å². The molecular weight excluding hydrogens is 478 g/mol. The molecule has 0 aromatic heterocycles. The number of imide groups is 1. The zero-order valence-corrected chi connectivity index (χ0v) is 22.6. The van der Waals surface area contributed by atoms with Crippen molar-refractivity contribution in [1.29, 1.82) is 0 Å². The molecule has 5 rings (SSSR count). The molecule has 0 saturated carbocycles. The van der Waals surface area contributed by atoms with Gasteiger partial charge in [0.2, 0.25) is 0 Å². The Morgan fingerprint density at radius 1 is 0.947 bits per heavy atom. The van der Waals surface area contributed by atoms with Crippen molar-refractivity contribution < 1.29 is 19.1 Å². The maximum absolute atomic E-state index is 12.6. The highest BCUT2D eigenvalue weighted by atomic mass is 16.5. The van der Waals surface area contributed by atoms with Crippen LogP contribution in [0.2, 0.25) is 0 Å². The molecule has 38 heavy (non-hydrogen) atoms. The molecular formula is C31H39N3O4. The molecule has 0 atom stereocenters. The second-order valence-electron chi connectivity index (χ2n) is 11.4. The lowest BCUT2D eigenvalue weighted by molar-refractivity contribution is -0.130. The zero-order chi connectivity index (χ0) is 26.9. The molecule has 1 aliphatic carbocycles. The summed E-state index contributed by atoms with van der Waals surface area (Å²) in [5.74, 6) is 0.483. The number of carbonyl (C=O) groups excluding carboxylic acids is 3. The first kappa shape index (κ1) is 26.4. The van der Waals surface area contributed by atoms with Crippen molar-refractivity contribution >= 4 is 17.7 Å². The SMILES string of the molecule is CC(C)(Oc1c(C2CCN(CCCCN3C(=O)c4ccccc4C3=O)CC2)ccc2c1CCCC2)C(N)=O. The molecule has 0 spiro atoms. The number of likely N-dealkylation sites (tertiary alicyclic amines) is 1. The molecule has 7 nitrogen and oxygen atoms in total. The van der Waals surface area contributed by atoms with E-state index in [1.165, 1.54) is 28.0 Å². The minimum absolute atomic E-state index is 0.172. The van der Waals surface area contributed by atoms with Gasteiger partial charge < -0.3 is 15.4 Å². The van der Waals surface area contributed by atoms with E-state index in [2.05, 4.69) is 17.0 Å². The topological polar surface area (TPSA) is 92.9 Å². The summed E-state index contributed by atoms with van der Waals surface area (Å²) in [7, 11) is 0. The van der Waals surface area contributed by atoms with E-state index < -0.39 is 11.5 Å². The van der Waals surface area contributed by atoms with Gasteiger partial charge in [0.05, 0.1) is 11.1 Å². The zero-order valence-electron chi connectivity index (χ0n) is 22.6. The molecule has 7 heteroatoms. The number of piperidine rings is 1. The van der Waals surface area contributed by atoms with Crippen LogP contribution < -0.4 is 10.5 Å². The molecule has 2 aromatic rings. The number of nitrogens with zero attached hydrogens (tertiary/aromatic N) is 2. The maximum Gasteiger partial charge on any atom is 0.261 e. The quantitative estimate of drug-likeness (QED) is 0.392. The Morgan fingerprint density at radius 2 is 1.58 bits per heavy atom. The smallest absolute Gasteiger partial charge is 0.261 e. The first-order valence-electron chi connectivity index (χ1n) is 14.1. The van der Waals surface area contributed by atoms with Gasteiger partial charge in [-0.1, -0.05) is 24.3 Å². The monoisotopic (exact) mass is 517 g/mol. The minimum Gasteiger partial charge on any atom is -0.477 e. The summed E-state index contributed by atoms with van der Waals surface area (Å²) in [4.78, 5) is 41.1. The van der Waals surface area contributed by atoms with Gasteiger partial charge in [-0.15, -0.1) is 0 Å². The van der Waals surface area contributed by atoms with Crippen molar-refractivity contribution in [2.45, 2.75) is 76.7 Å². The summed E-state index contributed by atoms with van der Waals surface area (Å²) in [5, 5.41) is 0. The van der Waals surface area contributed by atoms with Crippen LogP contribution in [0.3, 0.4) is 0 Å². The number of rotatable bonds is 9. The Hall–Kier alpha value is -3.19. The highest BCUT2D eigenvalue weighted by Crippen LogP contribution is 2.41. The van der Waals surface area contributed by atoms with Gasteiger partial charge in [-0.05, 0) is 120 Å². The number of unbranched alkanes of at least 4 members (excludes halogenated alkanes) is 1. The van der Waals surface area contributed by atoms with Crippen molar-refractivity contribution in [3.63, 3.8) is 0 Å². The number of fused-ring (bicyclic) bond motifs is 2. The molecule has 2 heterocycles. The average molecular weight is 518 g/mol. The number of aryl methyl sites for hydroxylation is 1. The van der Waals surface area contributed by atoms with Crippen LogP contribution in [0.5, 0.6) is 5.75 Å².